The highest BCUT2D eigenvalue weighted by molar-refractivity contribution is 6.04. The molecule has 1 N–H and O–H groups in total. The topological polar surface area (TPSA) is 47.6 Å². The summed E-state index contributed by atoms with van der Waals surface area (Å²) in [6.45, 7) is 0.582. The van der Waals surface area contributed by atoms with E-state index in [-0.39, 0.29) is 12.0 Å². The van der Waals surface area contributed by atoms with Gasteiger partial charge >= 0.3 is 0 Å². The van der Waals surface area contributed by atoms with Gasteiger partial charge in [-0.1, -0.05) is 31.0 Å². The third kappa shape index (κ3) is 1.78. The van der Waals surface area contributed by atoms with E-state index in [2.05, 4.69) is 5.32 Å². The van der Waals surface area contributed by atoms with Crippen molar-refractivity contribution in [3.05, 3.63) is 29.8 Å². The number of para-hydroxylation sites is 1. The molecule has 2 fully saturated rings. The lowest BCUT2D eigenvalue weighted by atomic mass is 10.0. The zero-order chi connectivity index (χ0) is 12.9. The van der Waals surface area contributed by atoms with E-state index in [1.807, 2.05) is 24.3 Å². The third-order valence-corrected chi connectivity index (χ3v) is 4.20. The summed E-state index contributed by atoms with van der Waals surface area (Å²) in [5.41, 5.74) is 1.63. The maximum absolute atomic E-state index is 12.3. The molecule has 1 aromatic carbocycles. The summed E-state index contributed by atoms with van der Waals surface area (Å²) < 4.78 is 11.9. The Labute approximate surface area is 112 Å². The summed E-state index contributed by atoms with van der Waals surface area (Å²) in [7, 11) is 0. The Balaban J connectivity index is 1.66. The Morgan fingerprint density at radius 2 is 2.11 bits per heavy atom. The van der Waals surface area contributed by atoms with Crippen molar-refractivity contribution in [3.8, 4) is 0 Å². The van der Waals surface area contributed by atoms with E-state index < -0.39 is 5.79 Å². The molecule has 0 radical (unpaired) electrons. The Bertz CT molecular complexity index is 526. The Hall–Kier alpha value is -1.39. The number of hydrogen-bond donors (Lipinski definition) is 1. The standard InChI is InChI=1S/C15H17NO3/c17-14-15(12-3-1-2-4-13(12)16-14)18-8-7-11(19-15)9-10-5-6-10/h1-4,10-11H,5-9H2,(H,16,17). The molecule has 2 heterocycles. The first-order valence-electron chi connectivity index (χ1n) is 7.01. The largest absolute Gasteiger partial charge is 0.338 e. The van der Waals surface area contributed by atoms with Crippen LogP contribution in [0.2, 0.25) is 0 Å². The molecule has 3 aliphatic rings. The van der Waals surface area contributed by atoms with E-state index in [0.29, 0.717) is 6.61 Å². The highest BCUT2D eigenvalue weighted by Gasteiger charge is 2.53. The molecule has 4 heteroatoms. The summed E-state index contributed by atoms with van der Waals surface area (Å²) in [5, 5.41) is 2.86. The lowest BCUT2D eigenvalue weighted by molar-refractivity contribution is -0.281. The van der Waals surface area contributed by atoms with Gasteiger partial charge in [0.1, 0.15) is 0 Å². The van der Waals surface area contributed by atoms with Crippen LogP contribution in [0.4, 0.5) is 5.69 Å². The molecule has 1 spiro atoms. The molecule has 1 aliphatic carbocycles. The van der Waals surface area contributed by atoms with Crippen LogP contribution in [-0.4, -0.2) is 18.6 Å². The van der Waals surface area contributed by atoms with E-state index in [1.54, 1.807) is 0 Å². The van der Waals surface area contributed by atoms with Gasteiger partial charge in [0.2, 0.25) is 0 Å². The lowest BCUT2D eigenvalue weighted by Crippen LogP contribution is -2.47. The van der Waals surface area contributed by atoms with Crippen LogP contribution < -0.4 is 5.32 Å². The van der Waals surface area contributed by atoms with Crippen LogP contribution in [0.15, 0.2) is 24.3 Å². The van der Waals surface area contributed by atoms with Gasteiger partial charge in [-0.05, 0) is 24.8 Å². The number of carbonyl (C=O) groups excluding carboxylic acids is 1. The quantitative estimate of drug-likeness (QED) is 0.887. The molecule has 1 saturated heterocycles. The fraction of sp³-hybridized carbons (Fsp3) is 0.533. The van der Waals surface area contributed by atoms with Gasteiger partial charge in [-0.25, -0.2) is 0 Å². The third-order valence-electron chi connectivity index (χ3n) is 4.20. The SMILES string of the molecule is O=C1Nc2ccccc2C12OCCC(CC1CC1)O2. The van der Waals surface area contributed by atoms with Crippen molar-refractivity contribution >= 4 is 11.6 Å². The monoisotopic (exact) mass is 259 g/mol. The molecule has 1 aromatic rings. The van der Waals surface area contributed by atoms with E-state index in [1.165, 1.54) is 12.8 Å². The van der Waals surface area contributed by atoms with Gasteiger partial charge in [0.15, 0.2) is 0 Å². The zero-order valence-corrected chi connectivity index (χ0v) is 10.7. The van der Waals surface area contributed by atoms with Gasteiger partial charge in [-0.3, -0.25) is 4.79 Å². The van der Waals surface area contributed by atoms with E-state index in [4.69, 9.17) is 9.47 Å². The van der Waals surface area contributed by atoms with Crippen LogP contribution in [0, 0.1) is 5.92 Å². The number of ether oxygens (including phenoxy) is 2. The zero-order valence-electron chi connectivity index (χ0n) is 10.7. The second kappa shape index (κ2) is 4.05. The highest BCUT2D eigenvalue weighted by Crippen LogP contribution is 2.45. The summed E-state index contributed by atoms with van der Waals surface area (Å²) in [6, 6.07) is 7.62. The van der Waals surface area contributed by atoms with Crippen LogP contribution in [0.1, 0.15) is 31.2 Å². The average Bonchev–Trinajstić information content (AvgIpc) is 3.19. The Morgan fingerprint density at radius 1 is 1.26 bits per heavy atom. The smallest absolute Gasteiger partial charge is 0.289 e. The molecule has 4 rings (SSSR count). The van der Waals surface area contributed by atoms with Gasteiger partial charge < -0.3 is 14.8 Å². The van der Waals surface area contributed by atoms with Gasteiger partial charge in [0.25, 0.3) is 11.7 Å². The molecule has 1 amide bonds. The van der Waals surface area contributed by atoms with Crippen LogP contribution in [0.25, 0.3) is 0 Å². The Morgan fingerprint density at radius 3 is 2.95 bits per heavy atom. The normalized spacial score (nSPS) is 33.3. The first kappa shape index (κ1) is 11.4. The predicted molar refractivity (Wildman–Crippen MR) is 69.5 cm³/mol. The summed E-state index contributed by atoms with van der Waals surface area (Å²) in [4.78, 5) is 12.3. The van der Waals surface area contributed by atoms with Gasteiger partial charge in [-0.15, -0.1) is 0 Å². The van der Waals surface area contributed by atoms with Gasteiger partial charge in [0.05, 0.1) is 18.4 Å². The molecule has 4 nitrogen and oxygen atoms in total. The van der Waals surface area contributed by atoms with Crippen molar-refractivity contribution in [1.82, 2.24) is 0 Å². The fourth-order valence-electron chi connectivity index (χ4n) is 3.02. The summed E-state index contributed by atoms with van der Waals surface area (Å²) in [5.74, 6) is -0.594. The summed E-state index contributed by atoms with van der Waals surface area (Å²) >= 11 is 0. The number of hydrogen-bond acceptors (Lipinski definition) is 3. The minimum absolute atomic E-state index is 0.137. The molecule has 1 saturated carbocycles. The fourth-order valence-corrected chi connectivity index (χ4v) is 3.02. The molecule has 2 atom stereocenters. The van der Waals surface area contributed by atoms with Crippen molar-refractivity contribution < 1.29 is 14.3 Å². The molecular formula is C15H17NO3. The lowest BCUT2D eigenvalue weighted by Gasteiger charge is -2.37. The van der Waals surface area contributed by atoms with Crippen molar-refractivity contribution in [2.75, 3.05) is 11.9 Å². The number of benzene rings is 1. The number of carbonyl (C=O) groups is 1. The molecule has 0 bridgehead atoms. The number of anilines is 1. The Kier molecular flexibility index (Phi) is 2.44. The summed E-state index contributed by atoms with van der Waals surface area (Å²) in [6.07, 6.45) is 4.68. The molecule has 19 heavy (non-hydrogen) atoms. The minimum Gasteiger partial charge on any atom is -0.338 e. The average molecular weight is 259 g/mol. The number of nitrogens with one attached hydrogen (secondary N) is 1. The minimum atomic E-state index is -1.20. The molecular weight excluding hydrogens is 242 g/mol. The molecule has 100 valence electrons. The van der Waals surface area contributed by atoms with E-state index in [9.17, 15) is 4.79 Å². The van der Waals surface area contributed by atoms with Crippen LogP contribution in [-0.2, 0) is 20.1 Å². The maximum Gasteiger partial charge on any atom is 0.289 e. The van der Waals surface area contributed by atoms with Crippen LogP contribution in [0.5, 0.6) is 0 Å². The second-order valence-corrected chi connectivity index (χ2v) is 5.67. The van der Waals surface area contributed by atoms with Crippen LogP contribution >= 0.6 is 0 Å². The van der Waals surface area contributed by atoms with E-state index >= 15 is 0 Å². The van der Waals surface area contributed by atoms with Crippen molar-refractivity contribution in [1.29, 1.82) is 0 Å². The van der Waals surface area contributed by atoms with Gasteiger partial charge in [0, 0.05) is 5.56 Å². The van der Waals surface area contributed by atoms with E-state index in [0.717, 1.165) is 30.0 Å². The van der Waals surface area contributed by atoms with Gasteiger partial charge in [-0.2, -0.15) is 0 Å². The molecule has 2 aliphatic heterocycles. The van der Waals surface area contributed by atoms with Crippen molar-refractivity contribution in [2.24, 2.45) is 5.92 Å². The number of rotatable bonds is 2. The number of fused-ring (bicyclic) bond motifs is 2. The van der Waals surface area contributed by atoms with Crippen LogP contribution in [0.3, 0.4) is 0 Å². The number of amides is 1. The first-order chi connectivity index (χ1) is 9.28. The molecule has 2 unspecified atom stereocenters. The van der Waals surface area contributed by atoms with Crippen molar-refractivity contribution in [2.45, 2.75) is 37.6 Å². The second-order valence-electron chi connectivity index (χ2n) is 5.67. The highest BCUT2D eigenvalue weighted by atomic mass is 16.7. The first-order valence-corrected chi connectivity index (χ1v) is 7.01. The predicted octanol–water partition coefficient (Wildman–Crippen LogP) is 2.40. The molecule has 0 aromatic heterocycles. The maximum atomic E-state index is 12.3. The van der Waals surface area contributed by atoms with Crippen molar-refractivity contribution in [3.63, 3.8) is 0 Å².